The fourth-order valence-corrected chi connectivity index (χ4v) is 2.46. The number of thiophene rings is 1. The number of hydrogen-bond donors (Lipinski definition) is 1. The van der Waals surface area contributed by atoms with E-state index in [9.17, 15) is 0 Å². The third-order valence-corrected chi connectivity index (χ3v) is 3.06. The van der Waals surface area contributed by atoms with Crippen LogP contribution in [0.5, 0.6) is 0 Å². The lowest BCUT2D eigenvalue weighted by atomic mass is 10.1. The van der Waals surface area contributed by atoms with Crippen molar-refractivity contribution in [3.63, 3.8) is 0 Å². The second-order valence-electron chi connectivity index (χ2n) is 2.96. The molecular weight excluding hydrogens is 182 g/mol. The number of furan rings is 1. The highest BCUT2D eigenvalue weighted by Gasteiger charge is 2.07. The van der Waals surface area contributed by atoms with Gasteiger partial charge in [-0.2, -0.15) is 0 Å². The summed E-state index contributed by atoms with van der Waals surface area (Å²) in [7, 11) is 0. The summed E-state index contributed by atoms with van der Waals surface area (Å²) in [5, 5.41) is 4.40. The van der Waals surface area contributed by atoms with Crippen LogP contribution >= 0.6 is 11.3 Å². The van der Waals surface area contributed by atoms with Gasteiger partial charge in [-0.25, -0.2) is 0 Å². The molecule has 2 aromatic heterocycles. The summed E-state index contributed by atoms with van der Waals surface area (Å²) in [6, 6.07) is 6.02. The zero-order chi connectivity index (χ0) is 8.84. The zero-order valence-electron chi connectivity index (χ0n) is 6.78. The molecule has 0 atom stereocenters. The van der Waals surface area contributed by atoms with Gasteiger partial charge in [0.2, 0.25) is 0 Å². The van der Waals surface area contributed by atoms with E-state index < -0.39 is 0 Å². The molecule has 0 aliphatic carbocycles. The molecule has 64 valence electrons. The molecule has 0 fully saturated rings. The molecule has 1 aromatic carbocycles. The molecule has 0 bridgehead atoms. The predicted octanol–water partition coefficient (Wildman–Crippen LogP) is 3.23. The number of benzene rings is 1. The first-order valence-corrected chi connectivity index (χ1v) is 4.87. The minimum absolute atomic E-state index is 0.718. The molecule has 2 N–H and O–H groups in total. The van der Waals surface area contributed by atoms with Crippen LogP contribution in [0.2, 0.25) is 0 Å². The molecule has 0 saturated heterocycles. The van der Waals surface area contributed by atoms with Gasteiger partial charge in [0.15, 0.2) is 5.58 Å². The summed E-state index contributed by atoms with van der Waals surface area (Å²) in [6.07, 6.45) is 1.68. The Kier molecular flexibility index (Phi) is 1.21. The molecule has 13 heavy (non-hydrogen) atoms. The summed E-state index contributed by atoms with van der Waals surface area (Å²) >= 11 is 1.70. The lowest BCUT2D eigenvalue weighted by Crippen LogP contribution is -1.83. The molecule has 0 spiro atoms. The SMILES string of the molecule is Nc1cc2sccc2c2ccoc12. The van der Waals surface area contributed by atoms with E-state index in [1.54, 1.807) is 17.6 Å². The zero-order valence-corrected chi connectivity index (χ0v) is 7.60. The van der Waals surface area contributed by atoms with Crippen molar-refractivity contribution in [1.29, 1.82) is 0 Å². The summed E-state index contributed by atoms with van der Waals surface area (Å²) in [6.45, 7) is 0. The monoisotopic (exact) mass is 189 g/mol. The summed E-state index contributed by atoms with van der Waals surface area (Å²) in [5.41, 5.74) is 7.35. The predicted molar refractivity (Wildman–Crippen MR) is 56.0 cm³/mol. The van der Waals surface area contributed by atoms with Crippen LogP contribution in [-0.4, -0.2) is 0 Å². The van der Waals surface area contributed by atoms with Crippen molar-refractivity contribution in [3.8, 4) is 0 Å². The highest BCUT2D eigenvalue weighted by Crippen LogP contribution is 2.33. The second-order valence-corrected chi connectivity index (χ2v) is 3.91. The Morgan fingerprint density at radius 2 is 2.15 bits per heavy atom. The highest BCUT2D eigenvalue weighted by atomic mass is 32.1. The van der Waals surface area contributed by atoms with Crippen LogP contribution in [0.4, 0.5) is 5.69 Å². The fraction of sp³-hybridized carbons (Fsp3) is 0. The van der Waals surface area contributed by atoms with Crippen molar-refractivity contribution >= 4 is 38.1 Å². The van der Waals surface area contributed by atoms with Crippen LogP contribution in [0.1, 0.15) is 0 Å². The van der Waals surface area contributed by atoms with Crippen molar-refractivity contribution in [3.05, 3.63) is 29.8 Å². The summed E-state index contributed by atoms with van der Waals surface area (Å²) < 4.78 is 6.52. The van der Waals surface area contributed by atoms with Crippen molar-refractivity contribution in [2.45, 2.75) is 0 Å². The third-order valence-electron chi connectivity index (χ3n) is 2.20. The minimum atomic E-state index is 0.718. The van der Waals surface area contributed by atoms with Crippen molar-refractivity contribution in [2.24, 2.45) is 0 Å². The van der Waals surface area contributed by atoms with Gasteiger partial charge in [-0.3, -0.25) is 0 Å². The first-order chi connectivity index (χ1) is 6.36. The van der Waals surface area contributed by atoms with Crippen LogP contribution in [0.15, 0.2) is 34.3 Å². The van der Waals surface area contributed by atoms with Gasteiger partial charge in [0.1, 0.15) is 0 Å². The standard InChI is InChI=1S/C10H7NOS/c11-8-5-9-6(2-4-13-9)7-1-3-12-10(7)8/h1-5H,11H2. The van der Waals surface area contributed by atoms with E-state index in [-0.39, 0.29) is 0 Å². The maximum absolute atomic E-state index is 5.84. The molecular formula is C10H7NOS. The van der Waals surface area contributed by atoms with Gasteiger partial charge in [0, 0.05) is 15.5 Å². The Balaban J connectivity index is 2.70. The van der Waals surface area contributed by atoms with Crippen LogP contribution < -0.4 is 5.73 Å². The van der Waals surface area contributed by atoms with E-state index in [4.69, 9.17) is 10.2 Å². The van der Waals surface area contributed by atoms with Crippen LogP contribution in [0.3, 0.4) is 0 Å². The summed E-state index contributed by atoms with van der Waals surface area (Å²) in [4.78, 5) is 0. The Labute approximate surface area is 78.6 Å². The molecule has 2 nitrogen and oxygen atoms in total. The average molecular weight is 189 g/mol. The summed E-state index contributed by atoms with van der Waals surface area (Å²) in [5.74, 6) is 0. The molecule has 0 radical (unpaired) electrons. The van der Waals surface area contributed by atoms with Gasteiger partial charge in [-0.1, -0.05) is 0 Å². The van der Waals surface area contributed by atoms with Gasteiger partial charge in [0.05, 0.1) is 12.0 Å². The molecule has 2 heterocycles. The molecule has 3 heteroatoms. The quantitative estimate of drug-likeness (QED) is 0.551. The Bertz CT molecular complexity index is 579. The normalized spacial score (nSPS) is 11.4. The van der Waals surface area contributed by atoms with Crippen LogP contribution in [-0.2, 0) is 0 Å². The van der Waals surface area contributed by atoms with E-state index in [0.29, 0.717) is 0 Å². The number of anilines is 1. The van der Waals surface area contributed by atoms with Gasteiger partial charge in [-0.05, 0) is 23.6 Å². The fourth-order valence-electron chi connectivity index (χ4n) is 1.61. The topological polar surface area (TPSA) is 39.2 Å². The first kappa shape index (κ1) is 6.97. The van der Waals surface area contributed by atoms with Crippen molar-refractivity contribution < 1.29 is 4.42 Å². The van der Waals surface area contributed by atoms with Gasteiger partial charge in [-0.15, -0.1) is 11.3 Å². The third kappa shape index (κ3) is 0.820. The van der Waals surface area contributed by atoms with E-state index in [1.807, 2.05) is 12.1 Å². The average Bonchev–Trinajstić information content (AvgIpc) is 2.66. The van der Waals surface area contributed by atoms with E-state index >= 15 is 0 Å². The number of hydrogen-bond acceptors (Lipinski definition) is 3. The molecule has 0 aliphatic heterocycles. The van der Waals surface area contributed by atoms with E-state index in [2.05, 4.69) is 11.4 Å². The van der Waals surface area contributed by atoms with Crippen molar-refractivity contribution in [2.75, 3.05) is 5.73 Å². The van der Waals surface area contributed by atoms with Gasteiger partial charge in [0.25, 0.3) is 0 Å². The lowest BCUT2D eigenvalue weighted by molar-refractivity contribution is 0.617. The van der Waals surface area contributed by atoms with Crippen molar-refractivity contribution in [1.82, 2.24) is 0 Å². The smallest absolute Gasteiger partial charge is 0.157 e. The number of nitrogen functional groups attached to an aromatic ring is 1. The lowest BCUT2D eigenvalue weighted by Gasteiger charge is -1.95. The molecule has 3 rings (SSSR count). The van der Waals surface area contributed by atoms with Crippen LogP contribution in [0, 0.1) is 0 Å². The maximum atomic E-state index is 5.84. The highest BCUT2D eigenvalue weighted by molar-refractivity contribution is 7.17. The van der Waals surface area contributed by atoms with E-state index in [0.717, 1.165) is 16.7 Å². The Morgan fingerprint density at radius 1 is 1.23 bits per heavy atom. The van der Waals surface area contributed by atoms with Gasteiger partial charge >= 0.3 is 0 Å². The number of rotatable bonds is 0. The molecule has 0 amide bonds. The molecule has 0 aliphatic rings. The Hall–Kier alpha value is -1.48. The molecule has 0 saturated carbocycles. The number of fused-ring (bicyclic) bond motifs is 3. The first-order valence-electron chi connectivity index (χ1n) is 3.99. The van der Waals surface area contributed by atoms with Crippen LogP contribution in [0.25, 0.3) is 21.1 Å². The minimum Gasteiger partial charge on any atom is -0.462 e. The second kappa shape index (κ2) is 2.26. The van der Waals surface area contributed by atoms with E-state index in [1.165, 1.54) is 10.1 Å². The largest absolute Gasteiger partial charge is 0.462 e. The molecule has 3 aromatic rings. The number of nitrogens with two attached hydrogens (primary N) is 1. The Morgan fingerprint density at radius 3 is 3.08 bits per heavy atom. The maximum Gasteiger partial charge on any atom is 0.157 e. The van der Waals surface area contributed by atoms with Gasteiger partial charge < -0.3 is 10.2 Å². The molecule has 0 unspecified atom stereocenters.